The summed E-state index contributed by atoms with van der Waals surface area (Å²) >= 11 is 6.01. The number of primary amides is 1. The number of carbonyl (C=O) groups excluding carboxylic acids is 3. The number of fused-ring (bicyclic) bond motifs is 1. The zero-order valence-corrected chi connectivity index (χ0v) is 21.4. The Labute approximate surface area is 210 Å². The molecule has 0 aliphatic carbocycles. The number of hydrogen-bond acceptors (Lipinski definition) is 5. The van der Waals surface area contributed by atoms with Crippen molar-refractivity contribution in [2.75, 3.05) is 19.6 Å². The SMILES string of the molecule is CC(C)NC(=O)CCCCN1CCC(N(CC(N)=O)S(=O)(=O)c2ccc3cc(Cl)ccc3c2)C1=O. The first-order valence-electron chi connectivity index (χ1n) is 11.6. The third-order valence-corrected chi connectivity index (χ3v) is 7.93. The van der Waals surface area contributed by atoms with Crippen LogP contribution in [0, 0.1) is 0 Å². The van der Waals surface area contributed by atoms with Crippen molar-refractivity contribution in [2.24, 2.45) is 5.73 Å². The minimum Gasteiger partial charge on any atom is -0.369 e. The minimum absolute atomic E-state index is 0.0315. The number of unbranched alkanes of at least 4 members (excludes halogenated alkanes) is 1. The van der Waals surface area contributed by atoms with E-state index in [0.717, 1.165) is 9.69 Å². The van der Waals surface area contributed by atoms with Gasteiger partial charge in [-0.25, -0.2) is 8.42 Å². The molecule has 35 heavy (non-hydrogen) atoms. The Balaban J connectivity index is 1.73. The van der Waals surface area contributed by atoms with E-state index < -0.39 is 28.5 Å². The van der Waals surface area contributed by atoms with Crippen molar-refractivity contribution < 1.29 is 22.8 Å². The van der Waals surface area contributed by atoms with Crippen molar-refractivity contribution in [3.8, 4) is 0 Å². The predicted octanol–water partition coefficient (Wildman–Crippen LogP) is 2.26. The van der Waals surface area contributed by atoms with Crippen molar-refractivity contribution in [3.05, 3.63) is 41.4 Å². The van der Waals surface area contributed by atoms with Crippen LogP contribution >= 0.6 is 11.6 Å². The third-order valence-electron chi connectivity index (χ3n) is 5.84. The fourth-order valence-corrected chi connectivity index (χ4v) is 6.00. The van der Waals surface area contributed by atoms with Crippen molar-refractivity contribution in [2.45, 2.75) is 56.5 Å². The topological polar surface area (TPSA) is 130 Å². The summed E-state index contributed by atoms with van der Waals surface area (Å²) in [6, 6.07) is 8.70. The van der Waals surface area contributed by atoms with Crippen LogP contribution in [0.3, 0.4) is 0 Å². The van der Waals surface area contributed by atoms with Gasteiger partial charge in [0.25, 0.3) is 0 Å². The van der Waals surface area contributed by atoms with E-state index in [1.807, 2.05) is 13.8 Å². The van der Waals surface area contributed by atoms with Gasteiger partial charge in [0.15, 0.2) is 0 Å². The van der Waals surface area contributed by atoms with E-state index in [4.69, 9.17) is 17.3 Å². The maximum absolute atomic E-state index is 13.5. The zero-order valence-electron chi connectivity index (χ0n) is 19.9. The van der Waals surface area contributed by atoms with Crippen LogP contribution in [0.25, 0.3) is 10.8 Å². The van der Waals surface area contributed by atoms with Crippen molar-refractivity contribution in [1.29, 1.82) is 0 Å². The molecule has 3 N–H and O–H groups in total. The molecule has 190 valence electrons. The van der Waals surface area contributed by atoms with Gasteiger partial charge in [-0.3, -0.25) is 14.4 Å². The second-order valence-electron chi connectivity index (χ2n) is 8.98. The fourth-order valence-electron chi connectivity index (χ4n) is 4.20. The number of halogens is 1. The standard InChI is InChI=1S/C24H31ClN4O5S/c1-16(2)27-23(31)5-3-4-11-28-12-10-21(24(28)32)29(15-22(26)30)35(33,34)20-9-7-17-13-19(25)8-6-18(17)14-20/h6-9,13-14,16,21H,3-5,10-12,15H2,1-2H3,(H2,26,30)(H,27,31). The van der Waals surface area contributed by atoms with Gasteiger partial charge in [-0.05, 0) is 68.1 Å². The predicted molar refractivity (Wildman–Crippen MR) is 134 cm³/mol. The van der Waals surface area contributed by atoms with Gasteiger partial charge in [-0.2, -0.15) is 4.31 Å². The maximum Gasteiger partial charge on any atom is 0.244 e. The van der Waals surface area contributed by atoms with Gasteiger partial charge in [-0.15, -0.1) is 0 Å². The van der Waals surface area contributed by atoms with Gasteiger partial charge in [0.05, 0.1) is 11.4 Å². The molecule has 1 aliphatic heterocycles. The number of amides is 3. The number of benzene rings is 2. The molecule has 0 aromatic heterocycles. The number of nitrogens with one attached hydrogen (secondary N) is 1. The number of hydrogen-bond donors (Lipinski definition) is 2. The molecule has 0 radical (unpaired) electrons. The summed E-state index contributed by atoms with van der Waals surface area (Å²) in [6.45, 7) is 3.95. The van der Waals surface area contributed by atoms with Crippen molar-refractivity contribution in [1.82, 2.24) is 14.5 Å². The van der Waals surface area contributed by atoms with Crippen LogP contribution < -0.4 is 11.1 Å². The summed E-state index contributed by atoms with van der Waals surface area (Å²) in [7, 11) is -4.19. The molecule has 2 aromatic rings. The molecule has 0 saturated carbocycles. The van der Waals surface area contributed by atoms with Crippen LogP contribution in [0.4, 0.5) is 0 Å². The molecule has 1 unspecified atom stereocenters. The normalized spacial score (nSPS) is 16.4. The lowest BCUT2D eigenvalue weighted by Gasteiger charge is -2.26. The van der Waals surface area contributed by atoms with Crippen LogP contribution in [-0.2, 0) is 24.4 Å². The Morgan fingerprint density at radius 2 is 1.86 bits per heavy atom. The molecule has 3 rings (SSSR count). The van der Waals surface area contributed by atoms with E-state index >= 15 is 0 Å². The third kappa shape index (κ3) is 6.71. The highest BCUT2D eigenvalue weighted by Gasteiger charge is 2.42. The molecule has 0 bridgehead atoms. The molecule has 0 spiro atoms. The molecule has 1 atom stereocenters. The summed E-state index contributed by atoms with van der Waals surface area (Å²) in [5.74, 6) is -1.25. The molecule has 1 fully saturated rings. The number of carbonyl (C=O) groups is 3. The largest absolute Gasteiger partial charge is 0.369 e. The smallest absolute Gasteiger partial charge is 0.244 e. The summed E-state index contributed by atoms with van der Waals surface area (Å²) in [6.07, 6.45) is 1.83. The minimum atomic E-state index is -4.19. The van der Waals surface area contributed by atoms with Crippen LogP contribution in [0.15, 0.2) is 41.3 Å². The van der Waals surface area contributed by atoms with E-state index in [-0.39, 0.29) is 29.2 Å². The second kappa shape index (κ2) is 11.4. The van der Waals surface area contributed by atoms with E-state index in [1.165, 1.54) is 12.1 Å². The Morgan fingerprint density at radius 3 is 2.54 bits per heavy atom. The van der Waals surface area contributed by atoms with Crippen molar-refractivity contribution in [3.63, 3.8) is 0 Å². The molecule has 1 aliphatic rings. The molecule has 9 nitrogen and oxygen atoms in total. The Bertz CT molecular complexity index is 1220. The fraction of sp³-hybridized carbons (Fsp3) is 0.458. The average Bonchev–Trinajstić information content (AvgIpc) is 3.13. The lowest BCUT2D eigenvalue weighted by Crippen LogP contribution is -2.48. The van der Waals surface area contributed by atoms with Gasteiger partial charge >= 0.3 is 0 Å². The average molecular weight is 523 g/mol. The van der Waals surface area contributed by atoms with Gasteiger partial charge in [0.2, 0.25) is 27.7 Å². The molecular weight excluding hydrogens is 492 g/mol. The lowest BCUT2D eigenvalue weighted by atomic mass is 10.1. The first kappa shape index (κ1) is 26.9. The van der Waals surface area contributed by atoms with E-state index in [2.05, 4.69) is 5.32 Å². The zero-order chi connectivity index (χ0) is 25.8. The van der Waals surface area contributed by atoms with Crippen LogP contribution in [0.1, 0.15) is 39.5 Å². The van der Waals surface area contributed by atoms with Crippen LogP contribution in [0.2, 0.25) is 5.02 Å². The number of sulfonamides is 1. The monoisotopic (exact) mass is 522 g/mol. The number of rotatable bonds is 11. The summed E-state index contributed by atoms with van der Waals surface area (Å²) in [4.78, 5) is 38.2. The van der Waals surface area contributed by atoms with E-state index in [0.29, 0.717) is 42.8 Å². The van der Waals surface area contributed by atoms with Crippen LogP contribution in [-0.4, -0.2) is 67.1 Å². The second-order valence-corrected chi connectivity index (χ2v) is 11.3. The van der Waals surface area contributed by atoms with Gasteiger partial charge in [0.1, 0.15) is 6.04 Å². The number of nitrogens with zero attached hydrogens (tertiary/aromatic N) is 2. The quantitative estimate of drug-likeness (QED) is 0.437. The lowest BCUT2D eigenvalue weighted by molar-refractivity contribution is -0.131. The maximum atomic E-state index is 13.5. The first-order chi connectivity index (χ1) is 16.5. The van der Waals surface area contributed by atoms with E-state index in [9.17, 15) is 22.8 Å². The van der Waals surface area contributed by atoms with Crippen molar-refractivity contribution >= 4 is 50.1 Å². The number of nitrogens with two attached hydrogens (primary N) is 1. The highest BCUT2D eigenvalue weighted by Crippen LogP contribution is 2.28. The molecule has 3 amide bonds. The van der Waals surface area contributed by atoms with Crippen LogP contribution in [0.5, 0.6) is 0 Å². The first-order valence-corrected chi connectivity index (χ1v) is 13.4. The molecular formula is C24H31ClN4O5S. The van der Waals surface area contributed by atoms with Gasteiger partial charge in [-0.1, -0.05) is 23.7 Å². The molecule has 2 aromatic carbocycles. The summed E-state index contributed by atoms with van der Waals surface area (Å²) < 4.78 is 27.9. The highest BCUT2D eigenvalue weighted by molar-refractivity contribution is 7.89. The Morgan fingerprint density at radius 1 is 1.17 bits per heavy atom. The molecule has 1 saturated heterocycles. The van der Waals surface area contributed by atoms with E-state index in [1.54, 1.807) is 29.2 Å². The Kier molecular flexibility index (Phi) is 8.74. The summed E-state index contributed by atoms with van der Waals surface area (Å²) in [5, 5.41) is 4.78. The Hall–Kier alpha value is -2.69. The number of likely N-dealkylation sites (tertiary alicyclic amines) is 1. The molecule has 1 heterocycles. The summed E-state index contributed by atoms with van der Waals surface area (Å²) in [5.41, 5.74) is 5.36. The highest BCUT2D eigenvalue weighted by atomic mass is 35.5. The molecule has 11 heteroatoms. The van der Waals surface area contributed by atoms with Gasteiger partial charge in [0, 0.05) is 30.6 Å². The van der Waals surface area contributed by atoms with Gasteiger partial charge < -0.3 is 16.0 Å².